The lowest BCUT2D eigenvalue weighted by atomic mass is 10.1. The Morgan fingerprint density at radius 2 is 2.29 bits per heavy atom. The van der Waals surface area contributed by atoms with Gasteiger partial charge in [-0.15, -0.1) is 0 Å². The molecule has 3 nitrogen and oxygen atoms in total. The van der Waals surface area contributed by atoms with E-state index in [9.17, 15) is 9.59 Å². The average molecular weight is 209 g/mol. The molecule has 1 fully saturated rings. The van der Waals surface area contributed by atoms with Crippen molar-refractivity contribution in [1.82, 2.24) is 4.90 Å². The van der Waals surface area contributed by atoms with E-state index < -0.39 is 0 Å². The normalized spacial score (nSPS) is 17.6. The van der Waals surface area contributed by atoms with Crippen LogP contribution in [-0.2, 0) is 16.1 Å². The molecule has 1 aromatic rings. The maximum atomic E-state index is 11.4. The molecule has 1 aromatic heterocycles. The van der Waals surface area contributed by atoms with Crippen LogP contribution in [0.3, 0.4) is 0 Å². The minimum absolute atomic E-state index is 0.0348. The van der Waals surface area contributed by atoms with Gasteiger partial charge in [0.1, 0.15) is 5.78 Å². The number of amides is 1. The van der Waals surface area contributed by atoms with E-state index in [0.717, 1.165) is 5.56 Å². The first kappa shape index (κ1) is 9.40. The van der Waals surface area contributed by atoms with Crippen molar-refractivity contribution in [2.75, 3.05) is 6.54 Å². The molecular weight excluding hydrogens is 198 g/mol. The highest BCUT2D eigenvalue weighted by atomic mass is 32.1. The number of Topliss-reactive ketones (excluding diaryl/α,β-unsaturated/α-hetero) is 1. The SMILES string of the molecule is O=C1CCN(Cc2ccsc2)C(=O)C1. The van der Waals surface area contributed by atoms with Crippen LogP contribution >= 0.6 is 11.3 Å². The zero-order chi connectivity index (χ0) is 9.97. The first-order valence-corrected chi connectivity index (χ1v) is 5.50. The van der Waals surface area contributed by atoms with Crippen LogP contribution in [0.4, 0.5) is 0 Å². The number of thiophene rings is 1. The van der Waals surface area contributed by atoms with Gasteiger partial charge < -0.3 is 4.90 Å². The fourth-order valence-corrected chi connectivity index (χ4v) is 2.18. The van der Waals surface area contributed by atoms with Crippen molar-refractivity contribution in [1.29, 1.82) is 0 Å². The second kappa shape index (κ2) is 3.92. The monoisotopic (exact) mass is 209 g/mol. The lowest BCUT2D eigenvalue weighted by Crippen LogP contribution is -2.38. The summed E-state index contributed by atoms with van der Waals surface area (Å²) in [6.07, 6.45) is 0.597. The molecule has 1 amide bonds. The quantitative estimate of drug-likeness (QED) is 0.691. The molecule has 0 saturated carbocycles. The van der Waals surface area contributed by atoms with Gasteiger partial charge in [0.15, 0.2) is 0 Å². The van der Waals surface area contributed by atoms with Crippen LogP contribution < -0.4 is 0 Å². The molecule has 2 heterocycles. The number of nitrogens with zero attached hydrogens (tertiary/aromatic N) is 1. The lowest BCUT2D eigenvalue weighted by Gasteiger charge is -2.25. The summed E-state index contributed by atoms with van der Waals surface area (Å²) < 4.78 is 0. The van der Waals surface area contributed by atoms with Crippen LogP contribution in [0.15, 0.2) is 16.8 Å². The van der Waals surface area contributed by atoms with Gasteiger partial charge in [0.25, 0.3) is 0 Å². The van der Waals surface area contributed by atoms with E-state index in [1.807, 2.05) is 16.8 Å². The van der Waals surface area contributed by atoms with Gasteiger partial charge in [-0.1, -0.05) is 0 Å². The Kier molecular flexibility index (Phi) is 2.63. The summed E-state index contributed by atoms with van der Waals surface area (Å²) in [5, 5.41) is 4.03. The minimum atomic E-state index is -0.0348. The number of ketones is 1. The molecule has 4 heteroatoms. The molecule has 0 radical (unpaired) electrons. The highest BCUT2D eigenvalue weighted by molar-refractivity contribution is 7.07. The van der Waals surface area contributed by atoms with E-state index in [-0.39, 0.29) is 18.1 Å². The molecule has 2 rings (SSSR count). The van der Waals surface area contributed by atoms with Gasteiger partial charge in [-0.25, -0.2) is 0 Å². The molecule has 1 aliphatic heterocycles. The zero-order valence-corrected chi connectivity index (χ0v) is 8.55. The second-order valence-corrected chi connectivity index (χ2v) is 4.19. The van der Waals surface area contributed by atoms with Crippen molar-refractivity contribution >= 4 is 23.0 Å². The van der Waals surface area contributed by atoms with Gasteiger partial charge in [-0.2, -0.15) is 11.3 Å². The van der Waals surface area contributed by atoms with Crippen LogP contribution in [0.5, 0.6) is 0 Å². The summed E-state index contributed by atoms with van der Waals surface area (Å²) in [5.74, 6) is 0.0315. The van der Waals surface area contributed by atoms with E-state index in [1.165, 1.54) is 0 Å². The van der Waals surface area contributed by atoms with Gasteiger partial charge in [-0.3, -0.25) is 9.59 Å². The van der Waals surface area contributed by atoms with Crippen LogP contribution in [-0.4, -0.2) is 23.1 Å². The highest BCUT2D eigenvalue weighted by Crippen LogP contribution is 2.14. The summed E-state index contributed by atoms with van der Waals surface area (Å²) in [6.45, 7) is 1.23. The zero-order valence-electron chi connectivity index (χ0n) is 7.73. The molecule has 0 aliphatic carbocycles. The van der Waals surface area contributed by atoms with Crippen molar-refractivity contribution in [2.45, 2.75) is 19.4 Å². The Hall–Kier alpha value is -1.16. The maximum absolute atomic E-state index is 11.4. The standard InChI is InChI=1S/C10H11NO2S/c12-9-1-3-11(10(13)5-9)6-8-2-4-14-7-8/h2,4,7H,1,3,5-6H2. The highest BCUT2D eigenvalue weighted by Gasteiger charge is 2.23. The number of rotatable bonds is 2. The largest absolute Gasteiger partial charge is 0.338 e. The Morgan fingerprint density at radius 3 is 2.93 bits per heavy atom. The predicted molar refractivity (Wildman–Crippen MR) is 54.0 cm³/mol. The number of carbonyl (C=O) groups excluding carboxylic acids is 2. The van der Waals surface area contributed by atoms with E-state index in [2.05, 4.69) is 0 Å². The first-order chi connectivity index (χ1) is 6.75. The van der Waals surface area contributed by atoms with E-state index in [0.29, 0.717) is 19.5 Å². The Morgan fingerprint density at radius 1 is 1.43 bits per heavy atom. The fraction of sp³-hybridized carbons (Fsp3) is 0.400. The van der Waals surface area contributed by atoms with Crippen LogP contribution in [0.1, 0.15) is 18.4 Å². The van der Waals surface area contributed by atoms with Gasteiger partial charge >= 0.3 is 0 Å². The molecule has 0 atom stereocenters. The topological polar surface area (TPSA) is 37.4 Å². The number of hydrogen-bond donors (Lipinski definition) is 0. The van der Waals surface area contributed by atoms with Gasteiger partial charge in [0.2, 0.25) is 5.91 Å². The molecule has 0 unspecified atom stereocenters. The third-order valence-corrected chi connectivity index (χ3v) is 3.05. The number of piperidine rings is 1. The molecule has 0 spiro atoms. The van der Waals surface area contributed by atoms with Crippen molar-refractivity contribution in [3.8, 4) is 0 Å². The van der Waals surface area contributed by atoms with E-state index in [1.54, 1.807) is 16.2 Å². The Labute approximate surface area is 86.3 Å². The predicted octanol–water partition coefficient (Wildman–Crippen LogP) is 1.44. The Bertz CT molecular complexity index is 345. The summed E-state index contributed by atoms with van der Waals surface area (Å²) >= 11 is 1.63. The van der Waals surface area contributed by atoms with Gasteiger partial charge in [0, 0.05) is 19.5 Å². The number of hydrogen-bond acceptors (Lipinski definition) is 3. The van der Waals surface area contributed by atoms with Gasteiger partial charge in [0.05, 0.1) is 6.42 Å². The molecule has 74 valence electrons. The van der Waals surface area contributed by atoms with Crippen molar-refractivity contribution in [3.63, 3.8) is 0 Å². The number of likely N-dealkylation sites (tertiary alicyclic amines) is 1. The fourth-order valence-electron chi connectivity index (χ4n) is 1.52. The molecule has 1 aliphatic rings. The van der Waals surface area contributed by atoms with E-state index >= 15 is 0 Å². The third-order valence-electron chi connectivity index (χ3n) is 2.32. The molecule has 1 saturated heterocycles. The summed E-state index contributed by atoms with van der Waals surface area (Å²) in [7, 11) is 0. The first-order valence-electron chi connectivity index (χ1n) is 4.56. The van der Waals surface area contributed by atoms with E-state index in [4.69, 9.17) is 0 Å². The van der Waals surface area contributed by atoms with Crippen molar-refractivity contribution in [3.05, 3.63) is 22.4 Å². The average Bonchev–Trinajstić information content (AvgIpc) is 2.62. The molecule has 0 N–H and O–H groups in total. The summed E-state index contributed by atoms with van der Waals surface area (Å²) in [4.78, 5) is 24.2. The third kappa shape index (κ3) is 2.01. The van der Waals surface area contributed by atoms with Crippen molar-refractivity contribution in [2.24, 2.45) is 0 Å². The van der Waals surface area contributed by atoms with Gasteiger partial charge in [-0.05, 0) is 22.4 Å². The lowest BCUT2D eigenvalue weighted by molar-refractivity contribution is -0.139. The number of carbonyl (C=O) groups is 2. The summed E-state index contributed by atoms with van der Waals surface area (Å²) in [6, 6.07) is 2.01. The second-order valence-electron chi connectivity index (χ2n) is 3.41. The Balaban J connectivity index is 1.99. The molecule has 0 aromatic carbocycles. The molecular formula is C10H11NO2S. The smallest absolute Gasteiger partial charge is 0.230 e. The van der Waals surface area contributed by atoms with Crippen LogP contribution in [0, 0.1) is 0 Å². The van der Waals surface area contributed by atoms with Crippen LogP contribution in [0.25, 0.3) is 0 Å². The molecule has 14 heavy (non-hydrogen) atoms. The maximum Gasteiger partial charge on any atom is 0.230 e. The minimum Gasteiger partial charge on any atom is -0.338 e. The molecule has 0 bridgehead atoms. The summed E-state index contributed by atoms with van der Waals surface area (Å²) in [5.41, 5.74) is 1.15. The van der Waals surface area contributed by atoms with Crippen molar-refractivity contribution < 1.29 is 9.59 Å². The van der Waals surface area contributed by atoms with Crippen LogP contribution in [0.2, 0.25) is 0 Å².